The molecule has 11 heteroatoms. The Morgan fingerprint density at radius 1 is 1.05 bits per heavy atom. The number of thiocarbonyl (C=S) groups is 1. The van der Waals surface area contributed by atoms with Gasteiger partial charge in [0.2, 0.25) is 0 Å². The Kier molecular flexibility index (Phi) is 7.49. The predicted molar refractivity (Wildman–Crippen MR) is 142 cm³/mol. The molecule has 0 aliphatic carbocycles. The lowest BCUT2D eigenvalue weighted by atomic mass is 9.72. The molecule has 0 saturated carbocycles. The summed E-state index contributed by atoms with van der Waals surface area (Å²) in [4.78, 5) is 6.88. The number of hydrogen-bond donors (Lipinski definition) is 2. The van der Waals surface area contributed by atoms with Crippen LogP contribution in [-0.4, -0.2) is 34.1 Å². The first kappa shape index (κ1) is 27.6. The number of pyridine rings is 1. The van der Waals surface area contributed by atoms with Gasteiger partial charge in [-0.05, 0) is 79.3 Å². The molecule has 0 amide bonds. The topological polar surface area (TPSA) is 40.2 Å². The Morgan fingerprint density at radius 3 is 2.36 bits per heavy atom. The quantitative estimate of drug-likeness (QED) is 0.249. The summed E-state index contributed by atoms with van der Waals surface area (Å²) in [5.41, 5.74) is -1.48. The minimum atomic E-state index is -4.95. The van der Waals surface area contributed by atoms with Crippen LogP contribution in [0.1, 0.15) is 48.9 Å². The zero-order valence-corrected chi connectivity index (χ0v) is 21.9. The zero-order chi connectivity index (χ0) is 27.9. The van der Waals surface area contributed by atoms with E-state index in [4.69, 9.17) is 12.2 Å². The molecular weight excluding hydrogens is 538 g/mol. The first-order chi connectivity index (χ1) is 18.4. The fourth-order valence-corrected chi connectivity index (χ4v) is 6.34. The van der Waals surface area contributed by atoms with Crippen LogP contribution >= 0.6 is 12.2 Å². The van der Waals surface area contributed by atoms with E-state index in [1.807, 2.05) is 30.3 Å². The smallest absolute Gasteiger partial charge is 0.354 e. The molecule has 4 heterocycles. The molecule has 0 spiro atoms. The highest BCUT2D eigenvalue weighted by Crippen LogP contribution is 2.43. The van der Waals surface area contributed by atoms with Gasteiger partial charge in [0, 0.05) is 29.9 Å². The maximum Gasteiger partial charge on any atom is 0.416 e. The average Bonchev–Trinajstić information content (AvgIpc) is 2.90. The molecule has 3 aromatic rings. The van der Waals surface area contributed by atoms with E-state index in [2.05, 4.69) is 27.4 Å². The van der Waals surface area contributed by atoms with Crippen molar-refractivity contribution < 1.29 is 26.3 Å². The molecule has 3 aliphatic rings. The molecule has 2 aromatic carbocycles. The number of nitrogens with zero attached hydrogens (tertiary/aromatic N) is 2. The van der Waals surface area contributed by atoms with Crippen LogP contribution in [-0.2, 0) is 12.4 Å². The van der Waals surface area contributed by atoms with E-state index in [0.717, 1.165) is 48.8 Å². The van der Waals surface area contributed by atoms with Crippen LogP contribution in [0.4, 0.5) is 32.0 Å². The lowest BCUT2D eigenvalue weighted by Gasteiger charge is -2.52. The van der Waals surface area contributed by atoms with Crippen molar-refractivity contribution in [1.29, 1.82) is 0 Å². The highest BCUT2D eigenvalue weighted by molar-refractivity contribution is 7.80. The second-order valence-electron chi connectivity index (χ2n) is 10.3. The number of rotatable bonds is 5. The van der Waals surface area contributed by atoms with Gasteiger partial charge in [0.05, 0.1) is 22.7 Å². The van der Waals surface area contributed by atoms with Crippen molar-refractivity contribution in [2.45, 2.75) is 50.6 Å². The van der Waals surface area contributed by atoms with Gasteiger partial charge in [-0.25, -0.2) is 0 Å². The van der Waals surface area contributed by atoms with E-state index < -0.39 is 23.5 Å². The number of piperidine rings is 3. The van der Waals surface area contributed by atoms with E-state index in [1.165, 1.54) is 0 Å². The van der Waals surface area contributed by atoms with E-state index in [0.29, 0.717) is 24.0 Å². The van der Waals surface area contributed by atoms with E-state index in [9.17, 15) is 26.3 Å². The average molecular weight is 567 g/mol. The summed E-state index contributed by atoms with van der Waals surface area (Å²) in [6, 6.07) is 10.6. The first-order valence-electron chi connectivity index (χ1n) is 12.9. The highest BCUT2D eigenvalue weighted by atomic mass is 32.1. The molecule has 3 aliphatic heterocycles. The Hall–Kier alpha value is -2.92. The Labute approximate surface area is 227 Å². The van der Waals surface area contributed by atoms with Gasteiger partial charge in [0.15, 0.2) is 5.11 Å². The standard InChI is InChI=1S/C28H28F6N4S/c1-2-16-15-38-10-8-17(16)11-24(38)25(22-7-9-35-23-6-4-3-5-21(22)23)37-26(39)36-20-13-18(27(29,30)31)12-19(14-20)28(32,33)34/h3-7,9,12-14,16-17,24-25H,2,8,10-11,15H2,1H3,(H2,36,37,39)/t16?,17?,24?,25-/m1/s1. The van der Waals surface area contributed by atoms with Crippen LogP contribution in [0.15, 0.2) is 54.7 Å². The van der Waals surface area contributed by atoms with Crippen LogP contribution in [0, 0.1) is 11.8 Å². The third kappa shape index (κ3) is 5.84. The predicted octanol–water partition coefficient (Wildman–Crippen LogP) is 7.42. The lowest BCUT2D eigenvalue weighted by molar-refractivity contribution is -0.143. The summed E-state index contributed by atoms with van der Waals surface area (Å²) in [6.07, 6.45) is -5.09. The summed E-state index contributed by atoms with van der Waals surface area (Å²) >= 11 is 5.49. The monoisotopic (exact) mass is 566 g/mol. The molecule has 6 rings (SSSR count). The van der Waals surface area contributed by atoms with Crippen LogP contribution in [0.2, 0.25) is 0 Å². The number of aromatic nitrogens is 1. The number of alkyl halides is 6. The molecule has 3 saturated heterocycles. The third-order valence-electron chi connectivity index (χ3n) is 8.00. The molecule has 1 aromatic heterocycles. The molecule has 5 atom stereocenters. The molecule has 2 bridgehead atoms. The van der Waals surface area contributed by atoms with Crippen LogP contribution in [0.25, 0.3) is 10.9 Å². The summed E-state index contributed by atoms with van der Waals surface area (Å²) in [7, 11) is 0. The maximum atomic E-state index is 13.4. The molecule has 208 valence electrons. The summed E-state index contributed by atoms with van der Waals surface area (Å²) in [5, 5.41) is 6.73. The number of benzene rings is 2. The molecule has 0 radical (unpaired) electrons. The maximum absolute atomic E-state index is 13.4. The van der Waals surface area contributed by atoms with Gasteiger partial charge in [-0.3, -0.25) is 9.88 Å². The second-order valence-corrected chi connectivity index (χ2v) is 10.7. The number of para-hydroxylation sites is 1. The minimum absolute atomic E-state index is 0.0457. The number of nitrogens with one attached hydrogen (secondary N) is 2. The SMILES string of the molecule is CCC1CN2CCC1CC2[C@H](NC(=S)Nc1cc(C(F)(F)F)cc(C(F)(F)F)c1)c1ccnc2ccccc12. The molecule has 2 N–H and O–H groups in total. The Bertz CT molecular complexity index is 1320. The van der Waals surface area contributed by atoms with Crippen LogP contribution in [0.5, 0.6) is 0 Å². The van der Waals surface area contributed by atoms with Gasteiger partial charge in [0.1, 0.15) is 0 Å². The summed E-state index contributed by atoms with van der Waals surface area (Å²) in [6.45, 7) is 4.06. The zero-order valence-electron chi connectivity index (χ0n) is 21.1. The Balaban J connectivity index is 1.48. The van der Waals surface area contributed by atoms with Crippen molar-refractivity contribution in [2.75, 3.05) is 18.4 Å². The number of anilines is 1. The van der Waals surface area contributed by atoms with Gasteiger partial charge in [0.25, 0.3) is 0 Å². The fourth-order valence-electron chi connectivity index (χ4n) is 6.09. The first-order valence-corrected chi connectivity index (χ1v) is 13.3. The van der Waals surface area contributed by atoms with E-state index in [1.54, 1.807) is 6.20 Å². The van der Waals surface area contributed by atoms with Crippen LogP contribution < -0.4 is 10.6 Å². The molecule has 4 nitrogen and oxygen atoms in total. The molecular formula is C28H28F6N4S. The summed E-state index contributed by atoms with van der Waals surface area (Å²) in [5.74, 6) is 1.14. The van der Waals surface area contributed by atoms with Crippen molar-refractivity contribution in [1.82, 2.24) is 15.2 Å². The van der Waals surface area contributed by atoms with E-state index >= 15 is 0 Å². The number of fused-ring (bicyclic) bond motifs is 4. The van der Waals surface area contributed by atoms with Gasteiger partial charge in [-0.15, -0.1) is 0 Å². The van der Waals surface area contributed by atoms with E-state index in [-0.39, 0.29) is 28.9 Å². The van der Waals surface area contributed by atoms with Crippen molar-refractivity contribution in [3.63, 3.8) is 0 Å². The highest BCUT2D eigenvalue weighted by Gasteiger charge is 2.43. The van der Waals surface area contributed by atoms with Gasteiger partial charge >= 0.3 is 12.4 Å². The Morgan fingerprint density at radius 2 is 1.74 bits per heavy atom. The normalized spacial score (nSPS) is 24.0. The third-order valence-corrected chi connectivity index (χ3v) is 8.22. The van der Waals surface area contributed by atoms with Gasteiger partial charge in [-0.1, -0.05) is 31.5 Å². The molecule has 39 heavy (non-hydrogen) atoms. The number of halogens is 6. The van der Waals surface area contributed by atoms with Crippen molar-refractivity contribution in [2.24, 2.45) is 11.8 Å². The van der Waals surface area contributed by atoms with Gasteiger partial charge in [-0.2, -0.15) is 26.3 Å². The summed E-state index contributed by atoms with van der Waals surface area (Å²) < 4.78 is 80.3. The fraction of sp³-hybridized carbons (Fsp3) is 0.429. The van der Waals surface area contributed by atoms with Crippen molar-refractivity contribution in [3.05, 3.63) is 71.4 Å². The van der Waals surface area contributed by atoms with Crippen molar-refractivity contribution in [3.8, 4) is 0 Å². The second kappa shape index (κ2) is 10.6. The lowest BCUT2D eigenvalue weighted by Crippen LogP contribution is -2.58. The van der Waals surface area contributed by atoms with Gasteiger partial charge < -0.3 is 10.6 Å². The van der Waals surface area contributed by atoms with Crippen LogP contribution in [0.3, 0.4) is 0 Å². The minimum Gasteiger partial charge on any atom is -0.354 e. The molecule has 3 fully saturated rings. The van der Waals surface area contributed by atoms with Crippen molar-refractivity contribution >= 4 is 33.9 Å². The number of hydrogen-bond acceptors (Lipinski definition) is 3. The molecule has 4 unspecified atom stereocenters. The largest absolute Gasteiger partial charge is 0.416 e.